The van der Waals surface area contributed by atoms with Gasteiger partial charge in [0.25, 0.3) is 0 Å². The molecule has 1 aromatic heterocycles. The third-order valence-corrected chi connectivity index (χ3v) is 4.80. The van der Waals surface area contributed by atoms with Crippen LogP contribution in [0.5, 0.6) is 0 Å². The van der Waals surface area contributed by atoms with Gasteiger partial charge in [0.1, 0.15) is 0 Å². The zero-order valence-corrected chi connectivity index (χ0v) is 11.8. The molecule has 1 aromatic rings. The van der Waals surface area contributed by atoms with Crippen LogP contribution in [0.2, 0.25) is 0 Å². The monoisotopic (exact) mass is 253 g/mol. The molecule has 3 unspecified atom stereocenters. The number of hydrogen-bond donors (Lipinski definition) is 1. The van der Waals surface area contributed by atoms with Crippen molar-refractivity contribution >= 4 is 11.8 Å². The summed E-state index contributed by atoms with van der Waals surface area (Å²) in [7, 11) is 1.98. The molecule has 0 aromatic carbocycles. The summed E-state index contributed by atoms with van der Waals surface area (Å²) in [5, 5.41) is 8.58. The molecule has 0 bridgehead atoms. The van der Waals surface area contributed by atoms with Crippen molar-refractivity contribution in [1.82, 2.24) is 15.1 Å². The van der Waals surface area contributed by atoms with Crippen LogP contribution in [0.4, 0.5) is 0 Å². The van der Waals surface area contributed by atoms with E-state index < -0.39 is 0 Å². The fraction of sp³-hybridized carbons (Fsp3) is 0.769. The summed E-state index contributed by atoms with van der Waals surface area (Å²) in [6.45, 7) is 5.64. The molecular formula is C13H23N3S. The summed E-state index contributed by atoms with van der Waals surface area (Å²) < 4.78 is 1.89. The molecule has 1 saturated carbocycles. The average Bonchev–Trinajstić information content (AvgIpc) is 2.68. The van der Waals surface area contributed by atoms with Crippen molar-refractivity contribution in [2.45, 2.75) is 49.3 Å². The van der Waals surface area contributed by atoms with Gasteiger partial charge in [-0.1, -0.05) is 13.8 Å². The van der Waals surface area contributed by atoms with Crippen molar-refractivity contribution in [3.63, 3.8) is 0 Å². The fourth-order valence-electron chi connectivity index (χ4n) is 2.59. The number of aryl methyl sites for hydroxylation is 1. The minimum Gasteiger partial charge on any atom is -0.313 e. The Kier molecular flexibility index (Phi) is 4.51. The van der Waals surface area contributed by atoms with E-state index in [1.807, 2.05) is 29.7 Å². The zero-order chi connectivity index (χ0) is 12.3. The summed E-state index contributed by atoms with van der Waals surface area (Å²) in [5.74, 6) is 0.860. The maximum atomic E-state index is 4.25. The minimum atomic E-state index is 0.668. The van der Waals surface area contributed by atoms with Crippen molar-refractivity contribution < 1.29 is 0 Å². The van der Waals surface area contributed by atoms with Gasteiger partial charge in [-0.15, -0.1) is 11.8 Å². The van der Waals surface area contributed by atoms with Crippen molar-refractivity contribution in [2.75, 3.05) is 6.54 Å². The van der Waals surface area contributed by atoms with Crippen molar-refractivity contribution in [3.8, 4) is 0 Å². The van der Waals surface area contributed by atoms with Crippen molar-refractivity contribution in [1.29, 1.82) is 0 Å². The second-order valence-corrected chi connectivity index (χ2v) is 6.40. The molecule has 1 heterocycles. The summed E-state index contributed by atoms with van der Waals surface area (Å²) in [6.07, 6.45) is 8.09. The fourth-order valence-corrected chi connectivity index (χ4v) is 4.08. The molecule has 0 saturated heterocycles. The Balaban J connectivity index is 1.99. The third-order valence-electron chi connectivity index (χ3n) is 3.49. The summed E-state index contributed by atoms with van der Waals surface area (Å²) in [6, 6.07) is 0.668. The molecule has 96 valence electrons. The highest BCUT2D eigenvalue weighted by Gasteiger charge is 2.28. The van der Waals surface area contributed by atoms with Crippen molar-refractivity contribution in [3.05, 3.63) is 12.4 Å². The minimum absolute atomic E-state index is 0.668. The number of nitrogens with one attached hydrogen (secondary N) is 1. The Hall–Kier alpha value is -0.480. The van der Waals surface area contributed by atoms with Crippen LogP contribution in [0.1, 0.15) is 33.1 Å². The van der Waals surface area contributed by atoms with E-state index in [4.69, 9.17) is 0 Å². The molecular weight excluding hydrogens is 230 g/mol. The van der Waals surface area contributed by atoms with Gasteiger partial charge in [0.15, 0.2) is 0 Å². The molecule has 2 rings (SSSR count). The molecule has 1 N–H and O–H groups in total. The first kappa shape index (κ1) is 13.0. The first-order valence-electron chi connectivity index (χ1n) is 6.57. The topological polar surface area (TPSA) is 29.9 Å². The molecule has 3 atom stereocenters. The van der Waals surface area contributed by atoms with Crippen LogP contribution in [-0.4, -0.2) is 27.6 Å². The summed E-state index contributed by atoms with van der Waals surface area (Å²) >= 11 is 1.99. The van der Waals surface area contributed by atoms with E-state index in [2.05, 4.69) is 30.5 Å². The molecule has 0 amide bonds. The second kappa shape index (κ2) is 5.91. The Bertz CT molecular complexity index is 350. The predicted octanol–water partition coefficient (Wildman–Crippen LogP) is 2.68. The Morgan fingerprint density at radius 1 is 1.53 bits per heavy atom. The highest BCUT2D eigenvalue weighted by atomic mass is 32.2. The number of rotatable bonds is 4. The molecule has 0 aliphatic heterocycles. The lowest BCUT2D eigenvalue weighted by Gasteiger charge is -2.34. The van der Waals surface area contributed by atoms with Crippen LogP contribution in [0.15, 0.2) is 17.3 Å². The SMILES string of the molecule is CCNC1CCC(C)CC1Sc1cnn(C)c1. The van der Waals surface area contributed by atoms with E-state index in [1.54, 1.807) is 0 Å². The van der Waals surface area contributed by atoms with Crippen LogP contribution in [-0.2, 0) is 7.05 Å². The van der Waals surface area contributed by atoms with Gasteiger partial charge in [-0.2, -0.15) is 5.10 Å². The number of thioether (sulfide) groups is 1. The van der Waals surface area contributed by atoms with E-state index in [0.29, 0.717) is 11.3 Å². The van der Waals surface area contributed by atoms with Gasteiger partial charge in [0.2, 0.25) is 0 Å². The third kappa shape index (κ3) is 3.49. The summed E-state index contributed by atoms with van der Waals surface area (Å²) in [4.78, 5) is 1.30. The van der Waals surface area contributed by atoms with Gasteiger partial charge in [0, 0.05) is 29.4 Å². The van der Waals surface area contributed by atoms with Crippen LogP contribution in [0, 0.1) is 5.92 Å². The second-order valence-electron chi connectivity index (χ2n) is 5.09. The number of hydrogen-bond acceptors (Lipinski definition) is 3. The van der Waals surface area contributed by atoms with Gasteiger partial charge in [-0.05, 0) is 31.7 Å². The van der Waals surface area contributed by atoms with E-state index in [1.165, 1.54) is 24.2 Å². The maximum absolute atomic E-state index is 4.25. The lowest BCUT2D eigenvalue weighted by Crippen LogP contribution is -2.42. The molecule has 0 spiro atoms. The van der Waals surface area contributed by atoms with Gasteiger partial charge < -0.3 is 5.32 Å². The Labute approximate surface area is 108 Å². The number of aromatic nitrogens is 2. The number of nitrogens with zero attached hydrogens (tertiary/aromatic N) is 2. The molecule has 4 heteroatoms. The van der Waals surface area contributed by atoms with E-state index in [9.17, 15) is 0 Å². The first-order valence-corrected chi connectivity index (χ1v) is 7.45. The van der Waals surface area contributed by atoms with Crippen LogP contribution in [0.25, 0.3) is 0 Å². The van der Waals surface area contributed by atoms with Crippen LogP contribution < -0.4 is 5.32 Å². The van der Waals surface area contributed by atoms with Crippen molar-refractivity contribution in [2.24, 2.45) is 13.0 Å². The molecule has 0 radical (unpaired) electrons. The lowest BCUT2D eigenvalue weighted by molar-refractivity contribution is 0.321. The van der Waals surface area contributed by atoms with E-state index >= 15 is 0 Å². The highest BCUT2D eigenvalue weighted by molar-refractivity contribution is 8.00. The maximum Gasteiger partial charge on any atom is 0.0625 e. The van der Waals surface area contributed by atoms with Crippen LogP contribution >= 0.6 is 11.8 Å². The van der Waals surface area contributed by atoms with Gasteiger partial charge >= 0.3 is 0 Å². The van der Waals surface area contributed by atoms with E-state index in [-0.39, 0.29) is 0 Å². The highest BCUT2D eigenvalue weighted by Crippen LogP contribution is 2.36. The van der Waals surface area contributed by atoms with Gasteiger partial charge in [0.05, 0.1) is 6.20 Å². The molecule has 3 nitrogen and oxygen atoms in total. The lowest BCUT2D eigenvalue weighted by atomic mass is 9.87. The molecule has 1 aliphatic rings. The smallest absolute Gasteiger partial charge is 0.0625 e. The van der Waals surface area contributed by atoms with E-state index in [0.717, 1.165) is 12.5 Å². The Morgan fingerprint density at radius 3 is 3.00 bits per heavy atom. The van der Waals surface area contributed by atoms with Gasteiger partial charge in [-0.3, -0.25) is 4.68 Å². The molecule has 1 aliphatic carbocycles. The largest absolute Gasteiger partial charge is 0.313 e. The van der Waals surface area contributed by atoms with Crippen LogP contribution in [0.3, 0.4) is 0 Å². The van der Waals surface area contributed by atoms with Gasteiger partial charge in [-0.25, -0.2) is 0 Å². The normalized spacial score (nSPS) is 29.5. The quantitative estimate of drug-likeness (QED) is 0.894. The Morgan fingerprint density at radius 2 is 2.35 bits per heavy atom. The molecule has 17 heavy (non-hydrogen) atoms. The zero-order valence-electron chi connectivity index (χ0n) is 11.0. The first-order chi connectivity index (χ1) is 8.19. The predicted molar refractivity (Wildman–Crippen MR) is 73.3 cm³/mol. The standard InChI is InChI=1S/C13H23N3S/c1-4-14-12-6-5-10(2)7-13(12)17-11-8-15-16(3)9-11/h8-10,12-14H,4-7H2,1-3H3. The average molecular weight is 253 g/mol. The molecule has 1 fully saturated rings. The summed E-state index contributed by atoms with van der Waals surface area (Å²) in [5.41, 5.74) is 0.